The molecule has 0 spiro atoms. The van der Waals surface area contributed by atoms with Gasteiger partial charge in [-0.1, -0.05) is 90.5 Å². The average Bonchev–Trinajstić information content (AvgIpc) is 2.89. The second-order valence-electron chi connectivity index (χ2n) is 8.11. The van der Waals surface area contributed by atoms with Crippen LogP contribution in [0.3, 0.4) is 0 Å². The van der Waals surface area contributed by atoms with Gasteiger partial charge in [0.15, 0.2) is 5.60 Å². The van der Waals surface area contributed by atoms with Crippen LogP contribution in [0.25, 0.3) is 0 Å². The summed E-state index contributed by atoms with van der Waals surface area (Å²) in [7, 11) is 0. The first-order valence-electron chi connectivity index (χ1n) is 11.1. The van der Waals surface area contributed by atoms with Crippen molar-refractivity contribution in [1.82, 2.24) is 5.43 Å². The fourth-order valence-electron chi connectivity index (χ4n) is 3.59. The summed E-state index contributed by atoms with van der Waals surface area (Å²) < 4.78 is 6.68. The van der Waals surface area contributed by atoms with Gasteiger partial charge < -0.3 is 9.84 Å². The minimum atomic E-state index is -1.88. The zero-order chi connectivity index (χ0) is 24.7. The lowest BCUT2D eigenvalue weighted by Gasteiger charge is -2.27. The number of aliphatic hydroxyl groups is 1. The minimum Gasteiger partial charge on any atom is -0.488 e. The predicted octanol–water partition coefficient (Wildman–Crippen LogP) is 5.72. The molecule has 6 heteroatoms. The van der Waals surface area contributed by atoms with Gasteiger partial charge in [-0.05, 0) is 63.3 Å². The number of nitrogens with one attached hydrogen (secondary N) is 1. The summed E-state index contributed by atoms with van der Waals surface area (Å²) in [5.41, 5.74) is 4.56. The molecule has 4 aromatic rings. The van der Waals surface area contributed by atoms with E-state index in [-0.39, 0.29) is 0 Å². The number of carbonyl (C=O) groups excluding carboxylic acids is 1. The van der Waals surface area contributed by atoms with E-state index in [1.54, 1.807) is 48.5 Å². The van der Waals surface area contributed by atoms with Crippen LogP contribution in [0.2, 0.25) is 0 Å². The molecule has 0 aliphatic carbocycles. The monoisotopic (exact) mass is 528 g/mol. The summed E-state index contributed by atoms with van der Waals surface area (Å²) in [4.78, 5) is 13.1. The molecular formula is C29H25BrN2O3. The van der Waals surface area contributed by atoms with Crippen molar-refractivity contribution in [1.29, 1.82) is 0 Å². The number of nitrogens with zero attached hydrogens (tertiary/aromatic N) is 1. The molecule has 0 bridgehead atoms. The van der Waals surface area contributed by atoms with E-state index in [9.17, 15) is 9.90 Å². The van der Waals surface area contributed by atoms with E-state index in [2.05, 4.69) is 38.6 Å². The van der Waals surface area contributed by atoms with Gasteiger partial charge in [0.2, 0.25) is 0 Å². The van der Waals surface area contributed by atoms with Crippen LogP contribution < -0.4 is 10.2 Å². The largest absolute Gasteiger partial charge is 0.488 e. The third-order valence-electron chi connectivity index (χ3n) is 5.56. The highest BCUT2D eigenvalue weighted by atomic mass is 79.9. The zero-order valence-electron chi connectivity index (χ0n) is 19.2. The third kappa shape index (κ3) is 5.85. The van der Waals surface area contributed by atoms with Crippen LogP contribution >= 0.6 is 15.9 Å². The highest BCUT2D eigenvalue weighted by Crippen LogP contribution is 2.30. The average molecular weight is 529 g/mol. The van der Waals surface area contributed by atoms with Gasteiger partial charge in [0, 0.05) is 0 Å². The summed E-state index contributed by atoms with van der Waals surface area (Å²) in [5.74, 6) is 0.0533. The van der Waals surface area contributed by atoms with Crippen LogP contribution in [0.1, 0.15) is 27.8 Å². The molecule has 1 amide bonds. The first kappa shape index (κ1) is 24.4. The van der Waals surface area contributed by atoms with Gasteiger partial charge in [0.25, 0.3) is 5.91 Å². The molecule has 0 aliphatic heterocycles. The van der Waals surface area contributed by atoms with E-state index in [0.29, 0.717) is 23.5 Å². The van der Waals surface area contributed by atoms with Crippen molar-refractivity contribution in [2.45, 2.75) is 19.1 Å². The molecule has 0 fully saturated rings. The van der Waals surface area contributed by atoms with E-state index in [0.717, 1.165) is 15.6 Å². The van der Waals surface area contributed by atoms with E-state index in [1.807, 2.05) is 49.4 Å². The maximum absolute atomic E-state index is 13.1. The topological polar surface area (TPSA) is 70.9 Å². The molecular weight excluding hydrogens is 504 g/mol. The summed E-state index contributed by atoms with van der Waals surface area (Å²) in [6.07, 6.45) is 1.52. The fraction of sp³-hybridized carbons (Fsp3) is 0.103. The SMILES string of the molecule is Cc1ccc(COc2ccc(/C=N/NC(=O)C(O)(c3ccccc3)c3ccccc3)cc2Br)cc1. The summed E-state index contributed by atoms with van der Waals surface area (Å²) in [6, 6.07) is 31.3. The first-order chi connectivity index (χ1) is 17.0. The maximum Gasteiger partial charge on any atom is 0.281 e. The molecule has 0 saturated heterocycles. The Morgan fingerprint density at radius 1 is 0.943 bits per heavy atom. The number of hydrazone groups is 1. The van der Waals surface area contributed by atoms with Crippen LogP contribution in [0, 0.1) is 6.92 Å². The molecule has 0 unspecified atom stereocenters. The Morgan fingerprint density at radius 2 is 1.54 bits per heavy atom. The van der Waals surface area contributed by atoms with E-state index in [4.69, 9.17) is 4.74 Å². The van der Waals surface area contributed by atoms with E-state index < -0.39 is 11.5 Å². The van der Waals surface area contributed by atoms with Gasteiger partial charge in [-0.2, -0.15) is 5.10 Å². The highest BCUT2D eigenvalue weighted by Gasteiger charge is 2.39. The number of carbonyl (C=O) groups is 1. The van der Waals surface area contributed by atoms with Crippen molar-refractivity contribution >= 4 is 28.1 Å². The molecule has 0 saturated carbocycles. The first-order valence-corrected chi connectivity index (χ1v) is 11.9. The third-order valence-corrected chi connectivity index (χ3v) is 6.18. The molecule has 35 heavy (non-hydrogen) atoms. The lowest BCUT2D eigenvalue weighted by Crippen LogP contribution is -2.43. The standard InChI is InChI=1S/C29H25BrN2O3/c1-21-12-14-22(15-13-21)20-35-27-17-16-23(18-26(27)30)19-31-32-28(33)29(34,24-8-4-2-5-9-24)25-10-6-3-7-11-25/h2-19,34H,20H2,1H3,(H,32,33)/b31-19+. The van der Waals surface area contributed by atoms with Crippen LogP contribution in [0.4, 0.5) is 0 Å². The molecule has 0 heterocycles. The van der Waals surface area contributed by atoms with Gasteiger partial charge in [-0.3, -0.25) is 4.79 Å². The number of amides is 1. The van der Waals surface area contributed by atoms with Crippen molar-refractivity contribution in [2.24, 2.45) is 5.10 Å². The van der Waals surface area contributed by atoms with Gasteiger partial charge in [-0.15, -0.1) is 0 Å². The van der Waals surface area contributed by atoms with E-state index >= 15 is 0 Å². The number of hydrogen-bond acceptors (Lipinski definition) is 4. The van der Waals surface area contributed by atoms with Crippen molar-refractivity contribution in [3.63, 3.8) is 0 Å². The van der Waals surface area contributed by atoms with Crippen molar-refractivity contribution < 1.29 is 14.6 Å². The molecule has 176 valence electrons. The molecule has 0 aromatic heterocycles. The minimum absolute atomic E-state index is 0.455. The number of aryl methyl sites for hydroxylation is 1. The van der Waals surface area contributed by atoms with Crippen LogP contribution in [-0.2, 0) is 17.0 Å². The van der Waals surface area contributed by atoms with Gasteiger partial charge >= 0.3 is 0 Å². The summed E-state index contributed by atoms with van der Waals surface area (Å²) in [5, 5.41) is 15.5. The van der Waals surface area contributed by atoms with Crippen molar-refractivity contribution in [3.05, 3.63) is 135 Å². The number of ether oxygens (including phenoxy) is 1. The van der Waals surface area contributed by atoms with Crippen LogP contribution in [0.15, 0.2) is 113 Å². The number of halogens is 1. The second kappa shape index (κ2) is 11.1. The van der Waals surface area contributed by atoms with Gasteiger partial charge in [0.1, 0.15) is 12.4 Å². The fourth-order valence-corrected chi connectivity index (χ4v) is 4.10. The quantitative estimate of drug-likeness (QED) is 0.227. The van der Waals surface area contributed by atoms with Gasteiger partial charge in [0.05, 0.1) is 10.7 Å². The van der Waals surface area contributed by atoms with Crippen molar-refractivity contribution in [3.8, 4) is 5.75 Å². The number of hydrogen-bond donors (Lipinski definition) is 2. The smallest absolute Gasteiger partial charge is 0.281 e. The molecule has 4 rings (SSSR count). The Morgan fingerprint density at radius 3 is 2.11 bits per heavy atom. The lowest BCUT2D eigenvalue weighted by molar-refractivity contribution is -0.136. The van der Waals surface area contributed by atoms with Crippen LogP contribution in [-0.4, -0.2) is 17.2 Å². The Labute approximate surface area is 213 Å². The Bertz CT molecular complexity index is 1270. The van der Waals surface area contributed by atoms with Crippen molar-refractivity contribution in [2.75, 3.05) is 0 Å². The molecule has 0 atom stereocenters. The molecule has 0 aliphatic rings. The second-order valence-corrected chi connectivity index (χ2v) is 8.96. The van der Waals surface area contributed by atoms with Gasteiger partial charge in [-0.25, -0.2) is 5.43 Å². The maximum atomic E-state index is 13.1. The zero-order valence-corrected chi connectivity index (χ0v) is 20.8. The number of rotatable bonds is 8. The summed E-state index contributed by atoms with van der Waals surface area (Å²) >= 11 is 3.53. The Hall–Kier alpha value is -3.74. The molecule has 2 N–H and O–H groups in total. The van der Waals surface area contributed by atoms with Crippen LogP contribution in [0.5, 0.6) is 5.75 Å². The summed E-state index contributed by atoms with van der Waals surface area (Å²) in [6.45, 7) is 2.51. The molecule has 5 nitrogen and oxygen atoms in total. The highest BCUT2D eigenvalue weighted by molar-refractivity contribution is 9.10. The normalized spacial score (nSPS) is 11.4. The molecule has 0 radical (unpaired) electrons. The number of benzene rings is 4. The lowest BCUT2D eigenvalue weighted by atomic mass is 9.85. The Kier molecular flexibility index (Phi) is 7.75. The van der Waals surface area contributed by atoms with E-state index in [1.165, 1.54) is 11.8 Å². The predicted molar refractivity (Wildman–Crippen MR) is 141 cm³/mol. The Balaban J connectivity index is 1.45. The molecule has 4 aromatic carbocycles.